The summed E-state index contributed by atoms with van der Waals surface area (Å²) < 4.78 is 46.0. The van der Waals surface area contributed by atoms with Crippen molar-refractivity contribution in [3.05, 3.63) is 29.6 Å². The summed E-state index contributed by atoms with van der Waals surface area (Å²) >= 11 is 0. The summed E-state index contributed by atoms with van der Waals surface area (Å²) in [6.07, 6.45) is 5.18. The van der Waals surface area contributed by atoms with Crippen LogP contribution >= 0.6 is 0 Å². The molecule has 1 amide bonds. The topological polar surface area (TPSA) is 32.8 Å². The minimum atomic E-state index is -1.03. The molecule has 1 saturated carbocycles. The molecule has 0 atom stereocenters. The second-order valence-electron chi connectivity index (χ2n) is 8.36. The molecule has 0 unspecified atom stereocenters. The van der Waals surface area contributed by atoms with Gasteiger partial charge in [0, 0.05) is 50.5 Å². The lowest BCUT2D eigenvalue weighted by molar-refractivity contribution is -0.139. The Hall–Kier alpha value is -1.76. The zero-order valence-corrected chi connectivity index (χ0v) is 16.0. The van der Waals surface area contributed by atoms with E-state index in [0.717, 1.165) is 31.8 Å². The number of piperidine rings is 2. The first-order valence-electron chi connectivity index (χ1n) is 10.3. The van der Waals surface area contributed by atoms with E-state index in [1.54, 1.807) is 0 Å². The molecule has 28 heavy (non-hydrogen) atoms. The molecule has 2 heterocycles. The van der Waals surface area contributed by atoms with Gasteiger partial charge in [-0.15, -0.1) is 0 Å². The number of amides is 1. The molecule has 0 N–H and O–H groups in total. The van der Waals surface area contributed by atoms with Gasteiger partial charge in [-0.2, -0.15) is 0 Å². The molecule has 7 heteroatoms. The van der Waals surface area contributed by atoms with Gasteiger partial charge in [0.15, 0.2) is 17.4 Å². The fourth-order valence-corrected chi connectivity index (χ4v) is 4.29. The van der Waals surface area contributed by atoms with Crippen LogP contribution in [0.3, 0.4) is 0 Å². The first-order valence-corrected chi connectivity index (χ1v) is 10.3. The van der Waals surface area contributed by atoms with Crippen LogP contribution in [-0.4, -0.2) is 54.5 Å². The lowest BCUT2D eigenvalue weighted by Gasteiger charge is -2.37. The predicted molar refractivity (Wildman–Crippen MR) is 98.4 cm³/mol. The molecule has 3 fully saturated rings. The molecular formula is C21H27F3N2O2. The number of rotatable bonds is 5. The Balaban J connectivity index is 1.24. The highest BCUT2D eigenvalue weighted by Gasteiger charge is 2.33. The summed E-state index contributed by atoms with van der Waals surface area (Å²) in [5, 5.41) is 0. The zero-order valence-electron chi connectivity index (χ0n) is 16.0. The van der Waals surface area contributed by atoms with Crippen LogP contribution in [0.1, 0.15) is 38.5 Å². The monoisotopic (exact) mass is 396 g/mol. The third-order valence-corrected chi connectivity index (χ3v) is 6.15. The smallest absolute Gasteiger partial charge is 0.225 e. The average molecular weight is 396 g/mol. The number of halogens is 3. The number of ether oxygens (including phenoxy) is 1. The van der Waals surface area contributed by atoms with Crippen molar-refractivity contribution in [2.24, 2.45) is 11.8 Å². The lowest BCUT2D eigenvalue weighted by Crippen LogP contribution is -2.47. The van der Waals surface area contributed by atoms with Gasteiger partial charge in [-0.05, 0) is 44.7 Å². The van der Waals surface area contributed by atoms with E-state index in [2.05, 4.69) is 4.90 Å². The maximum atomic E-state index is 13.8. The molecule has 4 nitrogen and oxygen atoms in total. The van der Waals surface area contributed by atoms with Crippen molar-refractivity contribution >= 4 is 5.91 Å². The highest BCUT2D eigenvalue weighted by molar-refractivity contribution is 5.79. The van der Waals surface area contributed by atoms with Gasteiger partial charge in [0.2, 0.25) is 5.91 Å². The minimum absolute atomic E-state index is 0.0832. The Kier molecular flexibility index (Phi) is 5.80. The van der Waals surface area contributed by atoms with Gasteiger partial charge in [-0.25, -0.2) is 13.2 Å². The van der Waals surface area contributed by atoms with Crippen molar-refractivity contribution in [3.8, 4) is 5.75 Å². The van der Waals surface area contributed by atoms with Crippen LogP contribution in [0.5, 0.6) is 5.75 Å². The molecule has 2 aliphatic heterocycles. The molecule has 0 bridgehead atoms. The largest absolute Gasteiger partial charge is 0.484 e. The van der Waals surface area contributed by atoms with Crippen molar-refractivity contribution in [2.45, 2.75) is 44.6 Å². The highest BCUT2D eigenvalue weighted by atomic mass is 19.1. The highest BCUT2D eigenvalue weighted by Crippen LogP contribution is 2.32. The minimum Gasteiger partial charge on any atom is -0.484 e. The predicted octanol–water partition coefficient (Wildman–Crippen LogP) is 3.60. The van der Waals surface area contributed by atoms with E-state index < -0.39 is 23.2 Å². The third-order valence-electron chi connectivity index (χ3n) is 6.15. The van der Waals surface area contributed by atoms with Crippen LogP contribution in [0.4, 0.5) is 13.2 Å². The van der Waals surface area contributed by atoms with Crippen molar-refractivity contribution in [1.29, 1.82) is 0 Å². The van der Waals surface area contributed by atoms with Gasteiger partial charge in [0.1, 0.15) is 11.9 Å². The average Bonchev–Trinajstić information content (AvgIpc) is 3.49. The van der Waals surface area contributed by atoms with Crippen molar-refractivity contribution in [2.75, 3.05) is 32.7 Å². The zero-order chi connectivity index (χ0) is 19.7. The summed E-state index contributed by atoms with van der Waals surface area (Å²) in [6.45, 7) is 4.22. The molecule has 3 aliphatic rings. The summed E-state index contributed by atoms with van der Waals surface area (Å²) in [7, 11) is 0. The number of hydrogen-bond acceptors (Lipinski definition) is 3. The maximum absolute atomic E-state index is 13.8. The fourth-order valence-electron chi connectivity index (χ4n) is 4.29. The van der Waals surface area contributed by atoms with E-state index in [-0.39, 0.29) is 17.9 Å². The van der Waals surface area contributed by atoms with Crippen LogP contribution in [-0.2, 0) is 4.79 Å². The quantitative estimate of drug-likeness (QED) is 0.763. The van der Waals surface area contributed by atoms with Crippen molar-refractivity contribution in [3.63, 3.8) is 0 Å². The van der Waals surface area contributed by atoms with Crippen LogP contribution in [0.15, 0.2) is 12.1 Å². The van der Waals surface area contributed by atoms with Gasteiger partial charge >= 0.3 is 0 Å². The van der Waals surface area contributed by atoms with E-state index in [0.29, 0.717) is 38.1 Å². The molecular weight excluding hydrogens is 369 g/mol. The summed E-state index contributed by atoms with van der Waals surface area (Å²) in [5.41, 5.74) is 0. The molecule has 4 rings (SSSR count). The van der Waals surface area contributed by atoms with Gasteiger partial charge < -0.3 is 14.5 Å². The summed E-state index contributed by atoms with van der Waals surface area (Å²) in [4.78, 5) is 17.1. The van der Waals surface area contributed by atoms with E-state index in [1.165, 1.54) is 19.4 Å². The van der Waals surface area contributed by atoms with Crippen LogP contribution in [0.2, 0.25) is 0 Å². The normalized spacial score (nSPS) is 22.5. The van der Waals surface area contributed by atoms with Gasteiger partial charge in [-0.3, -0.25) is 4.79 Å². The number of hydrogen-bond donors (Lipinski definition) is 0. The molecule has 2 saturated heterocycles. The SMILES string of the molecule is O=C(C1CCN(CC2CC2)CC1)N1CCC(Oc2c(F)cc(F)cc2F)CC1. The summed E-state index contributed by atoms with van der Waals surface area (Å²) in [6, 6.07) is 1.24. The Morgan fingerprint density at radius 3 is 2.11 bits per heavy atom. The fraction of sp³-hybridized carbons (Fsp3) is 0.667. The number of benzene rings is 1. The van der Waals surface area contributed by atoms with Gasteiger partial charge in [0.05, 0.1) is 0 Å². The van der Waals surface area contributed by atoms with E-state index in [1.807, 2.05) is 4.90 Å². The molecule has 1 aromatic carbocycles. The summed E-state index contributed by atoms with van der Waals surface area (Å²) in [5.74, 6) is -2.41. The van der Waals surface area contributed by atoms with Crippen LogP contribution in [0, 0.1) is 29.3 Å². The Bertz CT molecular complexity index is 687. The number of likely N-dealkylation sites (tertiary alicyclic amines) is 2. The van der Waals surface area contributed by atoms with Gasteiger partial charge in [0.25, 0.3) is 0 Å². The van der Waals surface area contributed by atoms with E-state index >= 15 is 0 Å². The van der Waals surface area contributed by atoms with Crippen molar-refractivity contribution < 1.29 is 22.7 Å². The second kappa shape index (κ2) is 8.31. The van der Waals surface area contributed by atoms with Crippen LogP contribution < -0.4 is 4.74 Å². The second-order valence-corrected chi connectivity index (χ2v) is 8.36. The van der Waals surface area contributed by atoms with E-state index in [4.69, 9.17) is 4.74 Å². The van der Waals surface area contributed by atoms with Crippen molar-refractivity contribution in [1.82, 2.24) is 9.80 Å². The molecule has 0 aromatic heterocycles. The van der Waals surface area contributed by atoms with Crippen LogP contribution in [0.25, 0.3) is 0 Å². The van der Waals surface area contributed by atoms with Gasteiger partial charge in [-0.1, -0.05) is 0 Å². The molecule has 1 aromatic rings. The third kappa shape index (κ3) is 4.62. The standard InChI is InChI=1S/C21H27F3N2O2/c22-16-11-18(23)20(19(24)12-16)28-17-5-9-26(10-6-17)21(27)15-3-7-25(8-4-15)13-14-1-2-14/h11-12,14-15,17H,1-10,13H2. The maximum Gasteiger partial charge on any atom is 0.225 e. The number of carbonyl (C=O) groups is 1. The molecule has 0 radical (unpaired) electrons. The molecule has 1 aliphatic carbocycles. The first-order chi connectivity index (χ1) is 13.5. The number of carbonyl (C=O) groups excluding carboxylic acids is 1. The molecule has 0 spiro atoms. The Morgan fingerprint density at radius 2 is 1.54 bits per heavy atom. The number of nitrogens with zero attached hydrogens (tertiary/aromatic N) is 2. The van der Waals surface area contributed by atoms with E-state index in [9.17, 15) is 18.0 Å². The Labute approximate surface area is 163 Å². The molecule has 154 valence electrons. The first kappa shape index (κ1) is 19.6. The lowest BCUT2D eigenvalue weighted by atomic mass is 9.94. The Morgan fingerprint density at radius 1 is 0.929 bits per heavy atom.